The first-order valence-corrected chi connectivity index (χ1v) is 6.27. The summed E-state index contributed by atoms with van der Waals surface area (Å²) >= 11 is 0. The van der Waals surface area contributed by atoms with Gasteiger partial charge in [0.2, 0.25) is 0 Å². The summed E-state index contributed by atoms with van der Waals surface area (Å²) in [4.78, 5) is 13.7. The zero-order chi connectivity index (χ0) is 12.0. The second kappa shape index (κ2) is 6.86. The minimum atomic E-state index is -0.116. The number of likely N-dealkylation sites (N-methyl/N-ethyl adjacent to an activating group) is 1. The largest absolute Gasteiger partial charge is 0.462 e. The Morgan fingerprint density at radius 3 is 2.81 bits per heavy atom. The second-order valence-electron chi connectivity index (χ2n) is 4.66. The van der Waals surface area contributed by atoms with Crippen LogP contribution in [-0.4, -0.2) is 49.2 Å². The Labute approximate surface area is 98.3 Å². The normalized spacial score (nSPS) is 20.7. The molecule has 1 unspecified atom stereocenters. The van der Waals surface area contributed by atoms with Crippen molar-refractivity contribution in [3.05, 3.63) is 0 Å². The van der Waals surface area contributed by atoms with Crippen LogP contribution < -0.4 is 5.32 Å². The highest BCUT2D eigenvalue weighted by atomic mass is 16.5. The lowest BCUT2D eigenvalue weighted by molar-refractivity contribution is -0.148. The first-order valence-electron chi connectivity index (χ1n) is 6.27. The zero-order valence-electron chi connectivity index (χ0n) is 10.7. The summed E-state index contributed by atoms with van der Waals surface area (Å²) in [5.74, 6) is -0.116. The molecule has 0 bridgehead atoms. The predicted octanol–water partition coefficient (Wildman–Crippen LogP) is 1.01. The average Bonchev–Trinajstić information content (AvgIpc) is 2.68. The fraction of sp³-hybridized carbons (Fsp3) is 0.917. The topological polar surface area (TPSA) is 41.6 Å². The Morgan fingerprint density at radius 2 is 2.31 bits per heavy atom. The first kappa shape index (κ1) is 13.5. The molecule has 1 N–H and O–H groups in total. The number of nitrogens with one attached hydrogen (secondary N) is 1. The van der Waals surface area contributed by atoms with E-state index in [4.69, 9.17) is 4.74 Å². The lowest BCUT2D eigenvalue weighted by Crippen LogP contribution is -2.40. The van der Waals surface area contributed by atoms with Crippen molar-refractivity contribution in [1.82, 2.24) is 10.2 Å². The van der Waals surface area contributed by atoms with Crippen molar-refractivity contribution < 1.29 is 9.53 Å². The Balaban J connectivity index is 2.27. The Morgan fingerprint density at radius 1 is 1.56 bits per heavy atom. The van der Waals surface area contributed by atoms with E-state index in [0.29, 0.717) is 12.6 Å². The van der Waals surface area contributed by atoms with Crippen molar-refractivity contribution in [3.8, 4) is 0 Å². The summed E-state index contributed by atoms with van der Waals surface area (Å²) in [5, 5.41) is 3.44. The van der Waals surface area contributed by atoms with Crippen molar-refractivity contribution in [2.24, 2.45) is 0 Å². The third-order valence-electron chi connectivity index (χ3n) is 2.81. The molecule has 1 fully saturated rings. The van der Waals surface area contributed by atoms with E-state index in [1.54, 1.807) is 0 Å². The third kappa shape index (κ3) is 4.94. The summed E-state index contributed by atoms with van der Waals surface area (Å²) in [6.45, 7) is 9.21. The summed E-state index contributed by atoms with van der Waals surface area (Å²) in [5.41, 5.74) is 0. The van der Waals surface area contributed by atoms with E-state index < -0.39 is 0 Å². The molecule has 1 heterocycles. The monoisotopic (exact) mass is 228 g/mol. The van der Waals surface area contributed by atoms with Gasteiger partial charge in [-0.3, -0.25) is 9.69 Å². The van der Waals surface area contributed by atoms with E-state index in [1.807, 2.05) is 13.8 Å². The van der Waals surface area contributed by atoms with Gasteiger partial charge in [-0.05, 0) is 39.8 Å². The number of rotatable bonds is 6. The molecule has 0 aromatic rings. The minimum absolute atomic E-state index is 0.0178. The van der Waals surface area contributed by atoms with Crippen LogP contribution in [0, 0.1) is 0 Å². The number of carbonyl (C=O) groups is 1. The summed E-state index contributed by atoms with van der Waals surface area (Å²) < 4.78 is 5.15. The van der Waals surface area contributed by atoms with Gasteiger partial charge in [0.1, 0.15) is 0 Å². The quantitative estimate of drug-likeness (QED) is 0.689. The molecule has 16 heavy (non-hydrogen) atoms. The standard InChI is InChI=1S/C12H24N2O2/c1-4-14(8-11-6-5-7-13-11)9-12(15)16-10(2)3/h10-11,13H,4-9H2,1-3H3. The molecule has 0 saturated carbocycles. The van der Waals surface area contributed by atoms with Crippen LogP contribution in [0.2, 0.25) is 0 Å². The zero-order valence-corrected chi connectivity index (χ0v) is 10.7. The van der Waals surface area contributed by atoms with Gasteiger partial charge in [-0.15, -0.1) is 0 Å². The fourth-order valence-corrected chi connectivity index (χ4v) is 2.01. The van der Waals surface area contributed by atoms with Crippen LogP contribution >= 0.6 is 0 Å². The molecule has 0 amide bonds. The van der Waals surface area contributed by atoms with Crippen LogP contribution in [0.5, 0.6) is 0 Å². The summed E-state index contributed by atoms with van der Waals surface area (Å²) in [6, 6.07) is 0.548. The Kier molecular flexibility index (Phi) is 5.77. The van der Waals surface area contributed by atoms with Gasteiger partial charge in [0, 0.05) is 12.6 Å². The maximum atomic E-state index is 11.5. The van der Waals surface area contributed by atoms with Crippen LogP contribution in [0.4, 0.5) is 0 Å². The highest BCUT2D eigenvalue weighted by Crippen LogP contribution is 2.07. The van der Waals surface area contributed by atoms with Crippen LogP contribution in [0.25, 0.3) is 0 Å². The molecule has 0 aromatic carbocycles. The van der Waals surface area contributed by atoms with Crippen LogP contribution in [-0.2, 0) is 9.53 Å². The molecule has 1 rings (SSSR count). The molecule has 0 radical (unpaired) electrons. The first-order chi connectivity index (χ1) is 7.61. The molecule has 0 aromatic heterocycles. The van der Waals surface area contributed by atoms with Crippen LogP contribution in [0.1, 0.15) is 33.6 Å². The number of ether oxygens (including phenoxy) is 1. The predicted molar refractivity (Wildman–Crippen MR) is 64.4 cm³/mol. The second-order valence-corrected chi connectivity index (χ2v) is 4.66. The number of nitrogens with zero attached hydrogens (tertiary/aromatic N) is 1. The van der Waals surface area contributed by atoms with Crippen molar-refractivity contribution in [2.75, 3.05) is 26.2 Å². The van der Waals surface area contributed by atoms with Crippen LogP contribution in [0.15, 0.2) is 0 Å². The van der Waals surface area contributed by atoms with Crippen molar-refractivity contribution in [2.45, 2.75) is 45.8 Å². The minimum Gasteiger partial charge on any atom is -0.462 e. The van der Waals surface area contributed by atoms with Gasteiger partial charge in [-0.1, -0.05) is 6.92 Å². The van der Waals surface area contributed by atoms with Gasteiger partial charge in [-0.2, -0.15) is 0 Å². The molecule has 4 nitrogen and oxygen atoms in total. The molecule has 0 aliphatic carbocycles. The third-order valence-corrected chi connectivity index (χ3v) is 2.81. The molecular weight excluding hydrogens is 204 g/mol. The van der Waals surface area contributed by atoms with Gasteiger partial charge < -0.3 is 10.1 Å². The maximum Gasteiger partial charge on any atom is 0.320 e. The summed E-state index contributed by atoms with van der Waals surface area (Å²) in [6.07, 6.45) is 2.45. The van der Waals surface area contributed by atoms with E-state index in [0.717, 1.165) is 19.6 Å². The highest BCUT2D eigenvalue weighted by molar-refractivity contribution is 5.71. The van der Waals surface area contributed by atoms with Crippen molar-refractivity contribution in [1.29, 1.82) is 0 Å². The number of esters is 1. The summed E-state index contributed by atoms with van der Waals surface area (Å²) in [7, 11) is 0. The van der Waals surface area contributed by atoms with E-state index in [-0.39, 0.29) is 12.1 Å². The fourth-order valence-electron chi connectivity index (χ4n) is 2.01. The van der Waals surface area contributed by atoms with Gasteiger partial charge >= 0.3 is 5.97 Å². The maximum absolute atomic E-state index is 11.5. The lowest BCUT2D eigenvalue weighted by Gasteiger charge is -2.23. The van der Waals surface area contributed by atoms with Gasteiger partial charge in [0.15, 0.2) is 0 Å². The molecule has 94 valence electrons. The van der Waals surface area contributed by atoms with Crippen molar-refractivity contribution in [3.63, 3.8) is 0 Å². The van der Waals surface area contributed by atoms with Gasteiger partial charge in [0.25, 0.3) is 0 Å². The SMILES string of the molecule is CCN(CC(=O)OC(C)C)CC1CCCN1. The Hall–Kier alpha value is -0.610. The number of hydrogen-bond donors (Lipinski definition) is 1. The van der Waals surface area contributed by atoms with Gasteiger partial charge in [-0.25, -0.2) is 0 Å². The van der Waals surface area contributed by atoms with E-state index >= 15 is 0 Å². The van der Waals surface area contributed by atoms with Gasteiger partial charge in [0.05, 0.1) is 12.6 Å². The molecule has 4 heteroatoms. The molecule has 0 spiro atoms. The molecule has 1 saturated heterocycles. The van der Waals surface area contributed by atoms with E-state index in [9.17, 15) is 4.79 Å². The van der Waals surface area contributed by atoms with E-state index in [1.165, 1.54) is 12.8 Å². The van der Waals surface area contributed by atoms with Crippen LogP contribution in [0.3, 0.4) is 0 Å². The van der Waals surface area contributed by atoms with Crippen molar-refractivity contribution >= 4 is 5.97 Å². The lowest BCUT2D eigenvalue weighted by atomic mass is 10.2. The molecule has 1 aliphatic heterocycles. The highest BCUT2D eigenvalue weighted by Gasteiger charge is 2.19. The molecule has 1 atom stereocenters. The Bertz CT molecular complexity index is 213. The molecular formula is C12H24N2O2. The average molecular weight is 228 g/mol. The smallest absolute Gasteiger partial charge is 0.320 e. The number of hydrogen-bond acceptors (Lipinski definition) is 4. The molecule has 1 aliphatic rings. The van der Waals surface area contributed by atoms with E-state index in [2.05, 4.69) is 17.1 Å². The number of carbonyl (C=O) groups excluding carboxylic acids is 1.